The highest BCUT2D eigenvalue weighted by Crippen LogP contribution is 2.20. The van der Waals surface area contributed by atoms with E-state index < -0.39 is 0 Å². The number of hydrogen-bond acceptors (Lipinski definition) is 1. The zero-order valence-electron chi connectivity index (χ0n) is 12.3. The van der Waals surface area contributed by atoms with E-state index in [1.807, 2.05) is 24.3 Å². The number of aryl methyl sites for hydroxylation is 2. The van der Waals surface area contributed by atoms with Crippen LogP contribution in [0.4, 0.5) is 4.39 Å². The van der Waals surface area contributed by atoms with Gasteiger partial charge in [-0.15, -0.1) is 0 Å². The first kappa shape index (κ1) is 14.4. The maximum absolute atomic E-state index is 13.6. The van der Waals surface area contributed by atoms with Gasteiger partial charge < -0.3 is 0 Å². The molecule has 0 bridgehead atoms. The van der Waals surface area contributed by atoms with E-state index in [0.717, 1.165) is 0 Å². The fourth-order valence-electron chi connectivity index (χ4n) is 2.26. The maximum Gasteiger partial charge on any atom is 0.193 e. The molecular weight excluding hydrogens is 251 g/mol. The zero-order valence-corrected chi connectivity index (χ0v) is 12.3. The highest BCUT2D eigenvalue weighted by atomic mass is 19.1. The Kier molecular flexibility index (Phi) is 4.03. The number of hydrogen-bond donors (Lipinski definition) is 0. The summed E-state index contributed by atoms with van der Waals surface area (Å²) in [4.78, 5) is 12.4. The van der Waals surface area contributed by atoms with Crippen molar-refractivity contribution < 1.29 is 9.18 Å². The van der Waals surface area contributed by atoms with E-state index in [0.29, 0.717) is 28.2 Å². The minimum Gasteiger partial charge on any atom is -0.289 e. The van der Waals surface area contributed by atoms with Crippen LogP contribution in [0.15, 0.2) is 36.4 Å². The largest absolute Gasteiger partial charge is 0.289 e. The molecule has 2 heteroatoms. The molecule has 0 radical (unpaired) electrons. The van der Waals surface area contributed by atoms with E-state index in [9.17, 15) is 9.18 Å². The second-order valence-electron chi connectivity index (χ2n) is 5.53. The summed E-state index contributed by atoms with van der Waals surface area (Å²) in [5, 5.41) is 0. The van der Waals surface area contributed by atoms with Crippen molar-refractivity contribution in [3.63, 3.8) is 0 Å². The standard InChI is InChI=1S/C18H19FO/c1-11(2)14-5-7-15(8-6-14)18(20)16-9-12(3)17(19)13(4)10-16/h5-11H,1-4H3. The number of ketones is 1. The first-order valence-corrected chi connectivity index (χ1v) is 6.81. The van der Waals surface area contributed by atoms with Gasteiger partial charge in [-0.2, -0.15) is 0 Å². The van der Waals surface area contributed by atoms with Gasteiger partial charge in [-0.3, -0.25) is 4.79 Å². The van der Waals surface area contributed by atoms with Gasteiger partial charge in [0.05, 0.1) is 0 Å². The van der Waals surface area contributed by atoms with Gasteiger partial charge in [-0.25, -0.2) is 4.39 Å². The lowest BCUT2D eigenvalue weighted by atomic mass is 9.96. The van der Waals surface area contributed by atoms with Crippen LogP contribution in [0.5, 0.6) is 0 Å². The van der Waals surface area contributed by atoms with Crippen molar-refractivity contribution in [1.29, 1.82) is 0 Å². The van der Waals surface area contributed by atoms with Crippen LogP contribution in [0.25, 0.3) is 0 Å². The highest BCUT2D eigenvalue weighted by molar-refractivity contribution is 6.09. The van der Waals surface area contributed by atoms with E-state index in [1.165, 1.54) is 5.56 Å². The second-order valence-corrected chi connectivity index (χ2v) is 5.53. The number of carbonyl (C=O) groups excluding carboxylic acids is 1. The molecule has 0 aliphatic carbocycles. The molecule has 0 aliphatic heterocycles. The topological polar surface area (TPSA) is 17.1 Å². The van der Waals surface area contributed by atoms with Crippen LogP contribution in [0, 0.1) is 19.7 Å². The summed E-state index contributed by atoms with van der Waals surface area (Å²) in [5.74, 6) is 0.137. The molecule has 0 N–H and O–H groups in total. The Bertz CT molecular complexity index is 616. The van der Waals surface area contributed by atoms with Gasteiger partial charge in [-0.1, -0.05) is 38.1 Å². The van der Waals surface area contributed by atoms with Crippen molar-refractivity contribution in [2.45, 2.75) is 33.6 Å². The molecule has 20 heavy (non-hydrogen) atoms. The minimum atomic E-state index is -0.239. The van der Waals surface area contributed by atoms with E-state index in [2.05, 4.69) is 13.8 Å². The van der Waals surface area contributed by atoms with E-state index in [4.69, 9.17) is 0 Å². The van der Waals surface area contributed by atoms with Crippen LogP contribution in [-0.4, -0.2) is 5.78 Å². The molecule has 0 heterocycles. The molecule has 2 rings (SSSR count). The van der Waals surface area contributed by atoms with Gasteiger partial charge in [0.25, 0.3) is 0 Å². The average molecular weight is 270 g/mol. The maximum atomic E-state index is 13.6. The van der Waals surface area contributed by atoms with Crippen LogP contribution in [0.2, 0.25) is 0 Å². The molecule has 0 unspecified atom stereocenters. The number of carbonyl (C=O) groups is 1. The molecule has 0 saturated carbocycles. The Hall–Kier alpha value is -1.96. The number of benzene rings is 2. The Morgan fingerprint density at radius 3 is 1.90 bits per heavy atom. The van der Waals surface area contributed by atoms with Gasteiger partial charge in [0, 0.05) is 11.1 Å². The van der Waals surface area contributed by atoms with Crippen molar-refractivity contribution in [2.75, 3.05) is 0 Å². The van der Waals surface area contributed by atoms with Crippen molar-refractivity contribution in [3.8, 4) is 0 Å². The lowest BCUT2D eigenvalue weighted by Crippen LogP contribution is -2.04. The van der Waals surface area contributed by atoms with Crippen molar-refractivity contribution in [2.24, 2.45) is 0 Å². The van der Waals surface area contributed by atoms with Crippen LogP contribution >= 0.6 is 0 Å². The Balaban J connectivity index is 2.36. The third kappa shape index (κ3) is 2.79. The summed E-state index contributed by atoms with van der Waals surface area (Å²) >= 11 is 0. The SMILES string of the molecule is Cc1cc(C(=O)c2ccc(C(C)C)cc2)cc(C)c1F. The van der Waals surface area contributed by atoms with E-state index >= 15 is 0 Å². The number of halogens is 1. The van der Waals surface area contributed by atoms with Crippen LogP contribution < -0.4 is 0 Å². The lowest BCUT2D eigenvalue weighted by Gasteiger charge is -2.08. The Labute approximate surface area is 119 Å². The molecule has 0 fully saturated rings. The molecule has 0 aliphatic rings. The van der Waals surface area contributed by atoms with Gasteiger partial charge in [0.15, 0.2) is 5.78 Å². The zero-order chi connectivity index (χ0) is 14.9. The second kappa shape index (κ2) is 5.58. The summed E-state index contributed by atoms with van der Waals surface area (Å²) in [6.45, 7) is 7.59. The minimum absolute atomic E-state index is 0.0634. The fraction of sp³-hybridized carbons (Fsp3) is 0.278. The molecule has 0 spiro atoms. The molecule has 0 atom stereocenters. The van der Waals surface area contributed by atoms with Gasteiger partial charge in [-0.05, 0) is 48.6 Å². The average Bonchev–Trinajstić information content (AvgIpc) is 2.43. The van der Waals surface area contributed by atoms with Crippen LogP contribution in [0.3, 0.4) is 0 Å². The molecular formula is C18H19FO. The van der Waals surface area contributed by atoms with Gasteiger partial charge >= 0.3 is 0 Å². The highest BCUT2D eigenvalue weighted by Gasteiger charge is 2.13. The molecule has 1 nitrogen and oxygen atoms in total. The van der Waals surface area contributed by atoms with Crippen molar-refractivity contribution in [1.82, 2.24) is 0 Å². The summed E-state index contributed by atoms with van der Waals surface area (Å²) in [7, 11) is 0. The summed E-state index contributed by atoms with van der Waals surface area (Å²) in [6, 6.07) is 10.8. The van der Waals surface area contributed by atoms with Gasteiger partial charge in [0.2, 0.25) is 0 Å². The molecule has 2 aromatic carbocycles. The third-order valence-electron chi connectivity index (χ3n) is 3.54. The van der Waals surface area contributed by atoms with Gasteiger partial charge in [0.1, 0.15) is 5.82 Å². The Morgan fingerprint density at radius 1 is 0.950 bits per heavy atom. The summed E-state index contributed by atoms with van der Waals surface area (Å²) in [5.41, 5.74) is 3.39. The summed E-state index contributed by atoms with van der Waals surface area (Å²) < 4.78 is 13.6. The molecule has 0 aromatic heterocycles. The quantitative estimate of drug-likeness (QED) is 0.732. The molecule has 0 saturated heterocycles. The normalized spacial score (nSPS) is 10.9. The fourth-order valence-corrected chi connectivity index (χ4v) is 2.26. The van der Waals surface area contributed by atoms with Crippen molar-refractivity contribution >= 4 is 5.78 Å². The van der Waals surface area contributed by atoms with E-state index in [1.54, 1.807) is 26.0 Å². The van der Waals surface area contributed by atoms with E-state index in [-0.39, 0.29) is 11.6 Å². The van der Waals surface area contributed by atoms with Crippen LogP contribution in [0.1, 0.15) is 52.4 Å². The predicted octanol–water partition coefficient (Wildman–Crippen LogP) is 4.80. The molecule has 104 valence electrons. The monoisotopic (exact) mass is 270 g/mol. The van der Waals surface area contributed by atoms with Crippen molar-refractivity contribution in [3.05, 3.63) is 70.0 Å². The third-order valence-corrected chi connectivity index (χ3v) is 3.54. The van der Waals surface area contributed by atoms with Crippen LogP contribution in [-0.2, 0) is 0 Å². The molecule has 2 aromatic rings. The first-order chi connectivity index (χ1) is 9.40. The predicted molar refractivity (Wildman–Crippen MR) is 79.8 cm³/mol. The number of rotatable bonds is 3. The smallest absolute Gasteiger partial charge is 0.193 e. The first-order valence-electron chi connectivity index (χ1n) is 6.81. The Morgan fingerprint density at radius 2 is 1.45 bits per heavy atom. The molecule has 0 amide bonds. The lowest BCUT2D eigenvalue weighted by molar-refractivity contribution is 0.103. The summed E-state index contributed by atoms with van der Waals surface area (Å²) in [6.07, 6.45) is 0.